The lowest BCUT2D eigenvalue weighted by Gasteiger charge is -2.14. The lowest BCUT2D eigenvalue weighted by Crippen LogP contribution is -2.15. The molecule has 0 amide bonds. The molecular weight excluding hydrogens is 489 g/mol. The number of alkyl halides is 3. The first kappa shape index (κ1) is 24.2. The molecule has 0 unspecified atom stereocenters. The maximum Gasteiger partial charge on any atom is 0.453 e. The van der Waals surface area contributed by atoms with Gasteiger partial charge in [0.05, 0.1) is 22.6 Å². The van der Waals surface area contributed by atoms with E-state index >= 15 is 0 Å². The monoisotopic (exact) mass is 504 g/mol. The Balaban J connectivity index is 1.70. The average molecular weight is 505 g/mol. The maximum absolute atomic E-state index is 13.7. The van der Waals surface area contributed by atoms with Crippen molar-refractivity contribution >= 4 is 28.5 Å². The minimum absolute atomic E-state index is 0.0108. The molecule has 0 aliphatic heterocycles. The molecule has 10 heteroatoms. The molecule has 0 N–H and O–H groups in total. The molecule has 1 heterocycles. The van der Waals surface area contributed by atoms with Crippen LogP contribution in [0.25, 0.3) is 11.0 Å². The predicted octanol–water partition coefficient (Wildman–Crippen LogP) is 6.88. The van der Waals surface area contributed by atoms with E-state index in [4.69, 9.17) is 30.2 Å². The molecule has 0 saturated heterocycles. The number of rotatable bonds is 6. The molecule has 180 valence electrons. The number of fused-ring (bicyclic) bond motifs is 1. The summed E-state index contributed by atoms with van der Waals surface area (Å²) in [5.74, 6) is -3.17. The smallest absolute Gasteiger partial charge is 0.453 e. The Morgan fingerprint density at radius 1 is 1.00 bits per heavy atom. The van der Waals surface area contributed by atoms with Gasteiger partial charge in [0.15, 0.2) is 0 Å². The number of ether oxygens (including phenoxy) is 3. The summed E-state index contributed by atoms with van der Waals surface area (Å²) in [6, 6.07) is 15.3. The van der Waals surface area contributed by atoms with Crippen molar-refractivity contribution in [2.24, 2.45) is 0 Å². The van der Waals surface area contributed by atoms with Crippen molar-refractivity contribution in [3.63, 3.8) is 0 Å². The highest BCUT2D eigenvalue weighted by Crippen LogP contribution is 2.39. The molecule has 0 aliphatic rings. The zero-order valence-electron chi connectivity index (χ0n) is 18.0. The van der Waals surface area contributed by atoms with E-state index in [9.17, 15) is 22.8 Å². The Bertz CT molecular complexity index is 1440. The Morgan fingerprint density at radius 2 is 1.69 bits per heavy atom. The summed E-state index contributed by atoms with van der Waals surface area (Å²) in [5.41, 5.74) is -1.32. The summed E-state index contributed by atoms with van der Waals surface area (Å²) in [6.07, 6.45) is -5.06. The standard InChI is InChI=1S/C25H16ClF3O6/c1-2-32-15-9-7-14(8-10-15)24(31)33-16-11-12-17-20(13-16)35-23(25(27,28)29)22(21(17)30)34-19-6-4-3-5-18(19)26/h3-13H,2H2,1H3. The first-order chi connectivity index (χ1) is 16.7. The van der Waals surface area contributed by atoms with Gasteiger partial charge in [-0.2, -0.15) is 13.2 Å². The summed E-state index contributed by atoms with van der Waals surface area (Å²) in [4.78, 5) is 25.3. The van der Waals surface area contributed by atoms with Crippen molar-refractivity contribution in [2.75, 3.05) is 6.61 Å². The highest BCUT2D eigenvalue weighted by molar-refractivity contribution is 6.32. The fourth-order valence-electron chi connectivity index (χ4n) is 3.16. The van der Waals surface area contributed by atoms with Crippen molar-refractivity contribution in [3.8, 4) is 23.0 Å². The second-order valence-electron chi connectivity index (χ2n) is 7.12. The number of carbonyl (C=O) groups excluding carboxylic acids is 1. The zero-order chi connectivity index (χ0) is 25.2. The van der Waals surface area contributed by atoms with Crippen LogP contribution in [0.5, 0.6) is 23.0 Å². The van der Waals surface area contributed by atoms with Crippen LogP contribution in [0.4, 0.5) is 13.2 Å². The third kappa shape index (κ3) is 5.25. The predicted molar refractivity (Wildman–Crippen MR) is 122 cm³/mol. The number of benzene rings is 3. The van der Waals surface area contributed by atoms with Gasteiger partial charge in [-0.05, 0) is 55.5 Å². The minimum atomic E-state index is -5.06. The van der Waals surface area contributed by atoms with Gasteiger partial charge in [-0.1, -0.05) is 23.7 Å². The Morgan fingerprint density at radius 3 is 2.34 bits per heavy atom. The van der Waals surface area contributed by atoms with Gasteiger partial charge in [-0.25, -0.2) is 4.79 Å². The maximum atomic E-state index is 13.7. The SMILES string of the molecule is CCOc1ccc(C(=O)Oc2ccc3c(=O)c(Oc4ccccc4Cl)c(C(F)(F)F)oc3c2)cc1. The van der Waals surface area contributed by atoms with Crippen LogP contribution in [0.15, 0.2) is 75.9 Å². The molecule has 3 aromatic carbocycles. The fourth-order valence-corrected chi connectivity index (χ4v) is 3.33. The van der Waals surface area contributed by atoms with E-state index in [2.05, 4.69) is 0 Å². The molecule has 0 spiro atoms. The van der Waals surface area contributed by atoms with Gasteiger partial charge in [0.25, 0.3) is 5.76 Å². The van der Waals surface area contributed by atoms with E-state index in [0.717, 1.165) is 6.07 Å². The largest absolute Gasteiger partial charge is 0.494 e. The van der Waals surface area contributed by atoms with E-state index in [1.54, 1.807) is 18.2 Å². The third-order valence-electron chi connectivity index (χ3n) is 4.74. The topological polar surface area (TPSA) is 75.0 Å². The Kier molecular flexibility index (Phi) is 6.70. The van der Waals surface area contributed by atoms with Gasteiger partial charge in [-0.3, -0.25) is 4.79 Å². The van der Waals surface area contributed by atoms with Crippen LogP contribution in [0.1, 0.15) is 23.0 Å². The number of hydrogen-bond donors (Lipinski definition) is 0. The molecule has 0 radical (unpaired) electrons. The zero-order valence-corrected chi connectivity index (χ0v) is 18.8. The van der Waals surface area contributed by atoms with E-state index in [1.807, 2.05) is 6.92 Å². The normalized spacial score (nSPS) is 11.3. The molecule has 0 bridgehead atoms. The van der Waals surface area contributed by atoms with E-state index in [-0.39, 0.29) is 27.5 Å². The minimum Gasteiger partial charge on any atom is -0.494 e. The van der Waals surface area contributed by atoms with Crippen molar-refractivity contribution in [2.45, 2.75) is 13.1 Å². The summed E-state index contributed by atoms with van der Waals surface area (Å²) in [7, 11) is 0. The van der Waals surface area contributed by atoms with Crippen LogP contribution in [-0.4, -0.2) is 12.6 Å². The van der Waals surface area contributed by atoms with Crippen molar-refractivity contribution in [1.29, 1.82) is 0 Å². The van der Waals surface area contributed by atoms with Gasteiger partial charge in [0.2, 0.25) is 11.2 Å². The van der Waals surface area contributed by atoms with Gasteiger partial charge in [0, 0.05) is 6.07 Å². The number of para-hydroxylation sites is 1. The Hall–Kier alpha value is -3.98. The molecule has 6 nitrogen and oxygen atoms in total. The molecule has 35 heavy (non-hydrogen) atoms. The summed E-state index contributed by atoms with van der Waals surface area (Å²) in [6.45, 7) is 2.27. The lowest BCUT2D eigenvalue weighted by atomic mass is 10.2. The van der Waals surface area contributed by atoms with Crippen LogP contribution in [0.2, 0.25) is 5.02 Å². The van der Waals surface area contributed by atoms with E-state index in [0.29, 0.717) is 12.4 Å². The van der Waals surface area contributed by atoms with Crippen molar-refractivity contribution in [3.05, 3.63) is 93.3 Å². The molecule has 0 atom stereocenters. The van der Waals surface area contributed by atoms with E-state index < -0.39 is 34.7 Å². The van der Waals surface area contributed by atoms with Crippen LogP contribution in [0.3, 0.4) is 0 Å². The first-order valence-electron chi connectivity index (χ1n) is 10.2. The quantitative estimate of drug-likeness (QED) is 0.210. The number of esters is 1. The van der Waals surface area contributed by atoms with Crippen molar-refractivity contribution < 1.29 is 36.6 Å². The number of halogens is 4. The molecular formula is C25H16ClF3O6. The average Bonchev–Trinajstić information content (AvgIpc) is 2.82. The van der Waals surface area contributed by atoms with Crippen LogP contribution in [-0.2, 0) is 6.18 Å². The first-order valence-corrected chi connectivity index (χ1v) is 10.6. The van der Waals surface area contributed by atoms with Crippen molar-refractivity contribution in [1.82, 2.24) is 0 Å². The summed E-state index contributed by atoms with van der Waals surface area (Å²) < 4.78 is 62.0. The highest BCUT2D eigenvalue weighted by atomic mass is 35.5. The third-order valence-corrected chi connectivity index (χ3v) is 5.05. The molecule has 0 aliphatic carbocycles. The number of hydrogen-bond acceptors (Lipinski definition) is 6. The van der Waals surface area contributed by atoms with E-state index in [1.165, 1.54) is 42.5 Å². The van der Waals surface area contributed by atoms with Gasteiger partial charge in [-0.15, -0.1) is 0 Å². The summed E-state index contributed by atoms with van der Waals surface area (Å²) in [5, 5.41) is -0.197. The Labute approximate surface area is 201 Å². The second kappa shape index (κ2) is 9.71. The highest BCUT2D eigenvalue weighted by Gasteiger charge is 2.40. The fraction of sp³-hybridized carbons (Fsp3) is 0.120. The number of carbonyl (C=O) groups is 1. The van der Waals surface area contributed by atoms with Crippen LogP contribution < -0.4 is 19.6 Å². The van der Waals surface area contributed by atoms with Gasteiger partial charge >= 0.3 is 12.1 Å². The summed E-state index contributed by atoms with van der Waals surface area (Å²) >= 11 is 5.96. The lowest BCUT2D eigenvalue weighted by molar-refractivity contribution is -0.154. The van der Waals surface area contributed by atoms with Crippen LogP contribution >= 0.6 is 11.6 Å². The van der Waals surface area contributed by atoms with Gasteiger partial charge in [0.1, 0.15) is 22.8 Å². The molecule has 1 aromatic heterocycles. The molecule has 4 rings (SSSR count). The molecule has 4 aromatic rings. The molecule has 0 saturated carbocycles. The second-order valence-corrected chi connectivity index (χ2v) is 7.53. The van der Waals surface area contributed by atoms with Crippen LogP contribution in [0, 0.1) is 0 Å². The van der Waals surface area contributed by atoms with Gasteiger partial charge < -0.3 is 18.6 Å². The molecule has 0 fully saturated rings.